The minimum absolute atomic E-state index is 0.0797. The third-order valence-electron chi connectivity index (χ3n) is 1.87. The SMILES string of the molecule is CO[C@@H]1C(=O)OC[C@@H](OC)[C@H]1O. The first-order valence-electron chi connectivity index (χ1n) is 3.61. The maximum atomic E-state index is 10.9. The molecule has 0 aromatic carbocycles. The summed E-state index contributed by atoms with van der Waals surface area (Å²) in [6.45, 7) is 0.0797. The van der Waals surface area contributed by atoms with Crippen LogP contribution in [0.3, 0.4) is 0 Å². The molecule has 0 radical (unpaired) electrons. The third kappa shape index (κ3) is 1.57. The highest BCUT2D eigenvalue weighted by Gasteiger charge is 2.39. The normalized spacial score (nSPS) is 36.2. The van der Waals surface area contributed by atoms with Crippen LogP contribution in [-0.2, 0) is 19.0 Å². The standard InChI is InChI=1S/C7H12O5/c1-10-4-3-12-7(9)6(11-2)5(4)8/h4-6,8H,3H2,1-2H3/t4-,5-,6+/m1/s1. The summed E-state index contributed by atoms with van der Waals surface area (Å²) >= 11 is 0. The first-order chi connectivity index (χ1) is 5.70. The summed E-state index contributed by atoms with van der Waals surface area (Å²) in [5.74, 6) is -0.543. The van der Waals surface area contributed by atoms with Gasteiger partial charge in [0.25, 0.3) is 0 Å². The molecule has 1 heterocycles. The van der Waals surface area contributed by atoms with Crippen LogP contribution in [0.25, 0.3) is 0 Å². The summed E-state index contributed by atoms with van der Waals surface area (Å²) < 4.78 is 14.3. The number of hydrogen-bond acceptors (Lipinski definition) is 5. The zero-order valence-corrected chi connectivity index (χ0v) is 7.02. The van der Waals surface area contributed by atoms with E-state index >= 15 is 0 Å². The molecule has 0 amide bonds. The molecular weight excluding hydrogens is 164 g/mol. The maximum Gasteiger partial charge on any atom is 0.338 e. The van der Waals surface area contributed by atoms with E-state index in [1.54, 1.807) is 0 Å². The van der Waals surface area contributed by atoms with Crippen LogP contribution >= 0.6 is 0 Å². The van der Waals surface area contributed by atoms with E-state index in [1.807, 2.05) is 0 Å². The van der Waals surface area contributed by atoms with Crippen LogP contribution in [0.5, 0.6) is 0 Å². The van der Waals surface area contributed by atoms with Crippen LogP contribution in [0.1, 0.15) is 0 Å². The summed E-state index contributed by atoms with van der Waals surface area (Å²) in [5.41, 5.74) is 0. The minimum atomic E-state index is -0.943. The monoisotopic (exact) mass is 176 g/mol. The second kappa shape index (κ2) is 3.84. The van der Waals surface area contributed by atoms with Crippen molar-refractivity contribution in [2.45, 2.75) is 18.3 Å². The highest BCUT2D eigenvalue weighted by Crippen LogP contribution is 2.14. The molecule has 5 heteroatoms. The molecule has 1 fully saturated rings. The van der Waals surface area contributed by atoms with Crippen molar-refractivity contribution in [1.82, 2.24) is 0 Å². The fraction of sp³-hybridized carbons (Fsp3) is 0.857. The summed E-state index contributed by atoms with van der Waals surface area (Å²) in [6.07, 6.45) is -2.36. The molecule has 12 heavy (non-hydrogen) atoms. The lowest BCUT2D eigenvalue weighted by molar-refractivity contribution is -0.193. The van der Waals surface area contributed by atoms with E-state index in [0.717, 1.165) is 0 Å². The molecule has 3 atom stereocenters. The molecule has 0 bridgehead atoms. The summed E-state index contributed by atoms with van der Waals surface area (Å²) in [5, 5.41) is 9.45. The molecule has 70 valence electrons. The van der Waals surface area contributed by atoms with Gasteiger partial charge in [0.15, 0.2) is 6.10 Å². The number of methoxy groups -OCH3 is 2. The fourth-order valence-electron chi connectivity index (χ4n) is 1.12. The topological polar surface area (TPSA) is 65.0 Å². The highest BCUT2D eigenvalue weighted by atomic mass is 16.6. The van der Waals surface area contributed by atoms with Crippen LogP contribution in [-0.4, -0.2) is 50.2 Å². The van der Waals surface area contributed by atoms with Crippen molar-refractivity contribution in [2.24, 2.45) is 0 Å². The van der Waals surface area contributed by atoms with Crippen molar-refractivity contribution in [1.29, 1.82) is 0 Å². The van der Waals surface area contributed by atoms with Gasteiger partial charge in [-0.1, -0.05) is 0 Å². The van der Waals surface area contributed by atoms with Crippen LogP contribution in [0.2, 0.25) is 0 Å². The smallest absolute Gasteiger partial charge is 0.338 e. The van der Waals surface area contributed by atoms with E-state index in [1.165, 1.54) is 14.2 Å². The van der Waals surface area contributed by atoms with Crippen LogP contribution in [0.15, 0.2) is 0 Å². The molecule has 1 saturated heterocycles. The lowest BCUT2D eigenvalue weighted by atomic mass is 10.1. The predicted molar refractivity (Wildman–Crippen MR) is 38.6 cm³/mol. The lowest BCUT2D eigenvalue weighted by Crippen LogP contribution is -2.52. The number of aliphatic hydroxyl groups is 1. The Morgan fingerprint density at radius 2 is 2.17 bits per heavy atom. The summed E-state index contributed by atoms with van der Waals surface area (Å²) in [6, 6.07) is 0. The molecule has 0 aromatic rings. The molecular formula is C7H12O5. The molecule has 0 aromatic heterocycles. The zero-order valence-electron chi connectivity index (χ0n) is 7.02. The van der Waals surface area contributed by atoms with Gasteiger partial charge in [0, 0.05) is 14.2 Å². The van der Waals surface area contributed by atoms with Gasteiger partial charge in [0.05, 0.1) is 0 Å². The van der Waals surface area contributed by atoms with Crippen molar-refractivity contribution in [3.63, 3.8) is 0 Å². The van der Waals surface area contributed by atoms with Gasteiger partial charge in [-0.3, -0.25) is 0 Å². The molecule has 0 spiro atoms. The third-order valence-corrected chi connectivity index (χ3v) is 1.87. The van der Waals surface area contributed by atoms with Crippen molar-refractivity contribution in [3.8, 4) is 0 Å². The first-order valence-corrected chi connectivity index (χ1v) is 3.61. The van der Waals surface area contributed by atoms with Gasteiger partial charge in [-0.15, -0.1) is 0 Å². The average Bonchev–Trinajstić information content (AvgIpc) is 2.06. The number of aliphatic hydroxyl groups excluding tert-OH is 1. The second-order valence-corrected chi connectivity index (χ2v) is 2.55. The maximum absolute atomic E-state index is 10.9. The van der Waals surface area contributed by atoms with Crippen LogP contribution < -0.4 is 0 Å². The zero-order chi connectivity index (χ0) is 9.14. The molecule has 1 rings (SSSR count). The number of rotatable bonds is 2. The van der Waals surface area contributed by atoms with E-state index in [9.17, 15) is 9.90 Å². The van der Waals surface area contributed by atoms with Gasteiger partial charge in [0.2, 0.25) is 0 Å². The van der Waals surface area contributed by atoms with Gasteiger partial charge in [-0.05, 0) is 0 Å². The van der Waals surface area contributed by atoms with Gasteiger partial charge in [-0.25, -0.2) is 4.79 Å². The molecule has 0 aliphatic carbocycles. The Kier molecular flexibility index (Phi) is 3.02. The summed E-state index contributed by atoms with van der Waals surface area (Å²) in [7, 11) is 2.78. The molecule has 5 nitrogen and oxygen atoms in total. The average molecular weight is 176 g/mol. The Morgan fingerprint density at radius 3 is 2.67 bits per heavy atom. The van der Waals surface area contributed by atoms with E-state index < -0.39 is 24.3 Å². The molecule has 1 aliphatic heterocycles. The Morgan fingerprint density at radius 1 is 1.50 bits per heavy atom. The highest BCUT2D eigenvalue weighted by molar-refractivity contribution is 5.76. The molecule has 1 N–H and O–H groups in total. The Hall–Kier alpha value is -0.650. The Labute approximate surface area is 70.2 Å². The van der Waals surface area contributed by atoms with Gasteiger partial charge >= 0.3 is 5.97 Å². The van der Waals surface area contributed by atoms with Crippen LogP contribution in [0.4, 0.5) is 0 Å². The van der Waals surface area contributed by atoms with Gasteiger partial charge in [-0.2, -0.15) is 0 Å². The lowest BCUT2D eigenvalue weighted by Gasteiger charge is -2.31. The minimum Gasteiger partial charge on any atom is -0.461 e. The largest absolute Gasteiger partial charge is 0.461 e. The van der Waals surface area contributed by atoms with Gasteiger partial charge < -0.3 is 19.3 Å². The number of carbonyl (C=O) groups excluding carboxylic acids is 1. The van der Waals surface area contributed by atoms with Crippen molar-refractivity contribution < 1.29 is 24.1 Å². The fourth-order valence-corrected chi connectivity index (χ4v) is 1.12. The van der Waals surface area contributed by atoms with Gasteiger partial charge in [0.1, 0.15) is 18.8 Å². The first kappa shape index (κ1) is 9.44. The predicted octanol–water partition coefficient (Wildman–Crippen LogP) is -1.07. The van der Waals surface area contributed by atoms with E-state index in [4.69, 9.17) is 14.2 Å². The summed E-state index contributed by atoms with van der Waals surface area (Å²) in [4.78, 5) is 10.9. The van der Waals surface area contributed by atoms with E-state index in [0.29, 0.717) is 0 Å². The van der Waals surface area contributed by atoms with Crippen molar-refractivity contribution in [2.75, 3.05) is 20.8 Å². The van der Waals surface area contributed by atoms with E-state index in [2.05, 4.69) is 0 Å². The molecule has 0 saturated carbocycles. The van der Waals surface area contributed by atoms with Crippen molar-refractivity contribution in [3.05, 3.63) is 0 Å². The number of hydrogen-bond donors (Lipinski definition) is 1. The Bertz CT molecular complexity index is 169. The molecule has 0 unspecified atom stereocenters. The van der Waals surface area contributed by atoms with Crippen LogP contribution in [0, 0.1) is 0 Å². The number of esters is 1. The quantitative estimate of drug-likeness (QED) is 0.543. The second-order valence-electron chi connectivity index (χ2n) is 2.55. The van der Waals surface area contributed by atoms with Crippen molar-refractivity contribution >= 4 is 5.97 Å². The Balaban J connectivity index is 2.63. The van der Waals surface area contributed by atoms with E-state index in [-0.39, 0.29) is 6.61 Å². The number of carbonyl (C=O) groups is 1. The molecule has 1 aliphatic rings. The number of cyclic esters (lactones) is 1. The number of ether oxygens (including phenoxy) is 3.